The van der Waals surface area contributed by atoms with Crippen LogP contribution in [0.15, 0.2) is 47.1 Å². The zero-order valence-corrected chi connectivity index (χ0v) is 24.4. The standard InChI is InChI=1S/C33H44N4O4/c1-3-23(2)29(32(40)37-21-18-33(19-22-37)17-15-25-11-7-8-12-26(25)33)36-30(38)27(14-13-24-9-5-4-6-10-24)35-31(39)28-16-20-34-41-28/h7-8,11-12,15-17,20,23-24,27,29H,3-6,9-10,13-14,18-19,21-22H2,1-2H3,(H,35,39)(H,36,38)/t23-,27-,29-/m0/s1. The number of rotatable bonds is 10. The van der Waals surface area contributed by atoms with E-state index in [0.717, 1.165) is 38.5 Å². The molecule has 8 heteroatoms. The normalized spacial score (nSPS) is 20.3. The van der Waals surface area contributed by atoms with Crippen molar-refractivity contribution in [1.29, 1.82) is 0 Å². The zero-order valence-electron chi connectivity index (χ0n) is 24.4. The van der Waals surface area contributed by atoms with Gasteiger partial charge in [-0.05, 0) is 48.6 Å². The third-order valence-corrected chi connectivity index (χ3v) is 9.70. The van der Waals surface area contributed by atoms with Crippen LogP contribution >= 0.6 is 0 Å². The summed E-state index contributed by atoms with van der Waals surface area (Å²) in [5.41, 5.74) is 2.60. The zero-order chi connectivity index (χ0) is 28.8. The van der Waals surface area contributed by atoms with Gasteiger partial charge in [0.05, 0.1) is 6.20 Å². The van der Waals surface area contributed by atoms with Gasteiger partial charge in [-0.25, -0.2) is 0 Å². The molecule has 2 N–H and O–H groups in total. The molecule has 1 aromatic carbocycles. The SMILES string of the molecule is CC[C@H](C)[C@H](NC(=O)[C@H](CCC1CCCCC1)NC(=O)c1ccno1)C(=O)N1CCC2(C=Cc3ccccc32)CC1. The number of hydrogen-bond acceptors (Lipinski definition) is 5. The van der Waals surface area contributed by atoms with Crippen LogP contribution in [0.2, 0.25) is 0 Å². The van der Waals surface area contributed by atoms with Crippen LogP contribution in [0.25, 0.3) is 6.08 Å². The van der Waals surface area contributed by atoms with Gasteiger partial charge in [-0.15, -0.1) is 0 Å². The molecule has 0 unspecified atom stereocenters. The molecule has 5 rings (SSSR count). The van der Waals surface area contributed by atoms with Gasteiger partial charge in [-0.2, -0.15) is 0 Å². The number of hydrogen-bond donors (Lipinski definition) is 2. The van der Waals surface area contributed by atoms with E-state index in [0.29, 0.717) is 25.4 Å². The third-order valence-electron chi connectivity index (χ3n) is 9.70. The van der Waals surface area contributed by atoms with Gasteiger partial charge in [0.1, 0.15) is 12.1 Å². The molecule has 2 fully saturated rings. The fourth-order valence-electron chi connectivity index (χ4n) is 6.84. The summed E-state index contributed by atoms with van der Waals surface area (Å²) in [6, 6.07) is 8.60. The highest BCUT2D eigenvalue weighted by molar-refractivity contribution is 5.96. The van der Waals surface area contributed by atoms with Crippen LogP contribution in [-0.4, -0.2) is 53.0 Å². The molecule has 0 radical (unpaired) electrons. The number of nitrogens with zero attached hydrogens (tertiary/aromatic N) is 2. The Bertz CT molecular complexity index is 1230. The van der Waals surface area contributed by atoms with Gasteiger partial charge in [0, 0.05) is 24.6 Å². The van der Waals surface area contributed by atoms with Gasteiger partial charge >= 0.3 is 0 Å². The van der Waals surface area contributed by atoms with Crippen molar-refractivity contribution in [3.05, 3.63) is 59.5 Å². The van der Waals surface area contributed by atoms with Crippen LogP contribution in [0.3, 0.4) is 0 Å². The van der Waals surface area contributed by atoms with E-state index in [1.54, 1.807) is 0 Å². The Kier molecular flexibility index (Phi) is 9.25. The van der Waals surface area contributed by atoms with Crippen molar-refractivity contribution in [3.8, 4) is 0 Å². The highest BCUT2D eigenvalue weighted by atomic mass is 16.5. The van der Waals surface area contributed by atoms with E-state index in [-0.39, 0.29) is 28.9 Å². The number of fused-ring (bicyclic) bond motifs is 2. The first-order chi connectivity index (χ1) is 19.9. The first-order valence-corrected chi connectivity index (χ1v) is 15.5. The van der Waals surface area contributed by atoms with E-state index in [1.165, 1.54) is 42.7 Å². The predicted octanol–water partition coefficient (Wildman–Crippen LogP) is 5.25. The molecule has 1 spiro atoms. The second kappa shape index (κ2) is 13.0. The quantitative estimate of drug-likeness (QED) is 0.413. The summed E-state index contributed by atoms with van der Waals surface area (Å²) in [5.74, 6) is -0.232. The van der Waals surface area contributed by atoms with E-state index >= 15 is 0 Å². The fraction of sp³-hybridized carbons (Fsp3) is 0.576. The van der Waals surface area contributed by atoms with Crippen LogP contribution in [0.5, 0.6) is 0 Å². The lowest BCUT2D eigenvalue weighted by Gasteiger charge is -2.41. The molecule has 0 bridgehead atoms. The fourth-order valence-corrected chi connectivity index (χ4v) is 6.84. The number of carbonyl (C=O) groups is 3. The van der Waals surface area contributed by atoms with Crippen molar-refractivity contribution < 1.29 is 18.9 Å². The van der Waals surface area contributed by atoms with Gasteiger partial charge in [-0.3, -0.25) is 14.4 Å². The molecular weight excluding hydrogens is 516 g/mol. The van der Waals surface area contributed by atoms with Gasteiger partial charge in [0.2, 0.25) is 17.6 Å². The Balaban J connectivity index is 1.25. The molecular formula is C33H44N4O4. The van der Waals surface area contributed by atoms with Gasteiger partial charge in [-0.1, -0.05) is 93.9 Å². The van der Waals surface area contributed by atoms with Crippen molar-refractivity contribution in [2.45, 2.75) is 95.6 Å². The third kappa shape index (κ3) is 6.57. The molecule has 2 aliphatic carbocycles. The molecule has 1 aromatic heterocycles. The van der Waals surface area contributed by atoms with E-state index in [1.807, 2.05) is 18.7 Å². The summed E-state index contributed by atoms with van der Waals surface area (Å²) in [6.07, 6.45) is 15.8. The van der Waals surface area contributed by atoms with Gasteiger partial charge in [0.25, 0.3) is 5.91 Å². The van der Waals surface area contributed by atoms with Crippen molar-refractivity contribution in [2.24, 2.45) is 11.8 Å². The van der Waals surface area contributed by atoms with Crippen LogP contribution in [-0.2, 0) is 15.0 Å². The van der Waals surface area contributed by atoms with Crippen LogP contribution in [0, 0.1) is 11.8 Å². The molecule has 3 aliphatic rings. The molecule has 2 heterocycles. The Morgan fingerprint density at radius 2 is 1.83 bits per heavy atom. The summed E-state index contributed by atoms with van der Waals surface area (Å²) in [6.45, 7) is 5.34. The predicted molar refractivity (Wildman–Crippen MR) is 158 cm³/mol. The van der Waals surface area contributed by atoms with Gasteiger partial charge < -0.3 is 20.1 Å². The minimum atomic E-state index is -0.751. The number of carbonyl (C=O) groups excluding carboxylic acids is 3. The van der Waals surface area contributed by atoms with Crippen LogP contribution < -0.4 is 10.6 Å². The Morgan fingerprint density at radius 1 is 1.07 bits per heavy atom. The highest BCUT2D eigenvalue weighted by Gasteiger charge is 2.41. The number of piperidine rings is 1. The smallest absolute Gasteiger partial charge is 0.290 e. The maximum Gasteiger partial charge on any atom is 0.290 e. The summed E-state index contributed by atoms with van der Waals surface area (Å²) in [4.78, 5) is 42.4. The lowest BCUT2D eigenvalue weighted by molar-refractivity contribution is -0.139. The molecule has 1 saturated heterocycles. The summed E-state index contributed by atoms with van der Waals surface area (Å²) < 4.78 is 5.03. The second-order valence-corrected chi connectivity index (χ2v) is 12.3. The molecule has 1 aliphatic heterocycles. The lowest BCUT2D eigenvalue weighted by atomic mass is 9.74. The topological polar surface area (TPSA) is 105 Å². The van der Waals surface area contributed by atoms with Crippen molar-refractivity contribution in [2.75, 3.05) is 13.1 Å². The largest absolute Gasteiger partial charge is 0.351 e. The van der Waals surface area contributed by atoms with Crippen molar-refractivity contribution in [1.82, 2.24) is 20.7 Å². The first-order valence-electron chi connectivity index (χ1n) is 15.5. The van der Waals surface area contributed by atoms with E-state index in [9.17, 15) is 14.4 Å². The molecule has 3 atom stereocenters. The van der Waals surface area contributed by atoms with Gasteiger partial charge in [0.15, 0.2) is 0 Å². The number of benzene rings is 1. The Morgan fingerprint density at radius 3 is 2.54 bits per heavy atom. The van der Waals surface area contributed by atoms with Crippen LogP contribution in [0.1, 0.15) is 99.7 Å². The average Bonchev–Trinajstić information content (AvgIpc) is 3.68. The minimum Gasteiger partial charge on any atom is -0.351 e. The molecule has 2 aromatic rings. The summed E-state index contributed by atoms with van der Waals surface area (Å²) >= 11 is 0. The number of aromatic nitrogens is 1. The van der Waals surface area contributed by atoms with Crippen molar-refractivity contribution in [3.63, 3.8) is 0 Å². The molecule has 41 heavy (non-hydrogen) atoms. The number of nitrogens with one attached hydrogen (secondary N) is 2. The maximum atomic E-state index is 13.9. The van der Waals surface area contributed by atoms with E-state index in [2.05, 4.69) is 52.2 Å². The Labute approximate surface area is 243 Å². The number of amides is 3. The monoisotopic (exact) mass is 560 g/mol. The Hall–Kier alpha value is -3.42. The summed E-state index contributed by atoms with van der Waals surface area (Å²) in [7, 11) is 0. The molecule has 1 saturated carbocycles. The maximum absolute atomic E-state index is 13.9. The molecule has 220 valence electrons. The summed E-state index contributed by atoms with van der Waals surface area (Å²) in [5, 5.41) is 9.56. The number of likely N-dealkylation sites (tertiary alicyclic amines) is 1. The highest BCUT2D eigenvalue weighted by Crippen LogP contribution is 2.43. The van der Waals surface area contributed by atoms with Crippen LogP contribution in [0.4, 0.5) is 0 Å². The first kappa shape index (κ1) is 29.1. The number of allylic oxidation sites excluding steroid dienone is 1. The molecule has 3 amide bonds. The molecule has 8 nitrogen and oxygen atoms in total. The van der Waals surface area contributed by atoms with E-state index in [4.69, 9.17) is 4.52 Å². The second-order valence-electron chi connectivity index (χ2n) is 12.3. The minimum absolute atomic E-state index is 0.0162. The average molecular weight is 561 g/mol. The lowest BCUT2D eigenvalue weighted by Crippen LogP contribution is -2.58. The van der Waals surface area contributed by atoms with Crippen molar-refractivity contribution >= 4 is 23.8 Å². The van der Waals surface area contributed by atoms with E-state index < -0.39 is 18.0 Å².